The van der Waals surface area contributed by atoms with Crippen LogP contribution in [-0.2, 0) is 25.6 Å². The van der Waals surface area contributed by atoms with Crippen LogP contribution < -0.4 is 0 Å². The summed E-state index contributed by atoms with van der Waals surface area (Å²) in [6.07, 6.45) is 20.4. The molecule has 2 fully saturated rings. The van der Waals surface area contributed by atoms with Gasteiger partial charge < -0.3 is 0 Å². The molecule has 2 aliphatic rings. The molecule has 0 aromatic heterocycles. The van der Waals surface area contributed by atoms with Gasteiger partial charge in [-0.15, -0.1) is 0 Å². The Morgan fingerprint density at radius 2 is 0.781 bits per heavy atom. The molecule has 0 bridgehead atoms. The number of hydrogen-bond donors (Lipinski definition) is 0. The molecule has 0 amide bonds. The summed E-state index contributed by atoms with van der Waals surface area (Å²) >= 11 is 0. The Kier molecular flexibility index (Phi) is 72.0. The average molecular weight is 1350 g/mol. The second-order valence-corrected chi connectivity index (χ2v) is 36.1. The standard InChI is InChI=1S/C10H12O.C10H14.2C9H18O.C8H16O.C8H18.C8H16.C7H14.C6H12.C6H14.C5H10O.C5H12/c1-8(2)10(11)9-6-4-3-5-7-9;1-9(2)8-10-6-4-3-5-7-10;2*1-7(2)8(10)6-9(3,4)5;1-6(2)7(9)8(3,4)5;2*1-7(2)5-6-8(3)4;1-6(2)5-7-3-4-7;1-5(2)6-3-4-6;1-4-5-6(2)3;1-4(2)5(3)6;1-4-5(2)3/h3-8H,1-2H3;3-7,9H,8H2,1-2H3;2*7H,6H2,1-5H3;6H,1-5H3;7-8H,5-6H2,1-4H3;5,8H,6H2,1-4H3;6-7H,3-5H2,1-2H3;5-6H,3-4H2,1-2H3;6H,4-5H2,1-3H3;4H,1-3H3;5H,4H2,1-3H3. The predicted molar refractivity (Wildman–Crippen MR) is 436 cm³/mol. The number of ketones is 5. The maximum atomic E-state index is 11.3. The van der Waals surface area contributed by atoms with Crippen molar-refractivity contribution >= 4 is 28.9 Å². The minimum atomic E-state index is -0.159. The summed E-state index contributed by atoms with van der Waals surface area (Å²) in [6.45, 7) is 84.2. The molecular formula is C91H174O5. The van der Waals surface area contributed by atoms with E-state index in [1.54, 1.807) is 6.92 Å². The third-order valence-electron chi connectivity index (χ3n) is 14.9. The number of Topliss-reactive ketones (excluding diaryl/α,β-unsaturated/α-hetero) is 5. The fraction of sp³-hybridized carbons (Fsp3) is 0.791. The average Bonchev–Trinajstić information content (AvgIpc) is 2.13. The Bertz CT molecular complexity index is 2050. The van der Waals surface area contributed by atoms with Crippen LogP contribution in [0.1, 0.15) is 376 Å². The van der Waals surface area contributed by atoms with Crippen molar-refractivity contribution in [3.8, 4) is 0 Å². The molecule has 0 radical (unpaired) electrons. The highest BCUT2D eigenvalue weighted by atomic mass is 16.1. The molecular weight excluding hydrogens is 1170 g/mol. The first-order valence-corrected chi connectivity index (χ1v) is 38.9. The normalized spacial score (nSPS) is 12.3. The van der Waals surface area contributed by atoms with Gasteiger partial charge in [-0.1, -0.05) is 373 Å². The summed E-state index contributed by atoms with van der Waals surface area (Å²) in [5.41, 5.74) is 3.83. The molecule has 0 N–H and O–H groups in total. The van der Waals surface area contributed by atoms with Crippen LogP contribution in [0.2, 0.25) is 0 Å². The lowest BCUT2D eigenvalue weighted by Crippen LogP contribution is -2.24. The van der Waals surface area contributed by atoms with E-state index in [4.69, 9.17) is 0 Å². The van der Waals surface area contributed by atoms with Crippen molar-refractivity contribution in [3.05, 3.63) is 83.4 Å². The number of allylic oxidation sites excluding steroid dienone is 2. The molecule has 96 heavy (non-hydrogen) atoms. The van der Waals surface area contributed by atoms with Gasteiger partial charge in [0, 0.05) is 53.4 Å². The highest BCUT2D eigenvalue weighted by Gasteiger charge is 2.25. The van der Waals surface area contributed by atoms with Crippen molar-refractivity contribution in [2.45, 2.75) is 367 Å². The molecule has 2 saturated carbocycles. The first-order chi connectivity index (χ1) is 43.5. The van der Waals surface area contributed by atoms with Gasteiger partial charge in [0.2, 0.25) is 0 Å². The van der Waals surface area contributed by atoms with Crippen LogP contribution in [0.5, 0.6) is 0 Å². The summed E-state index contributed by atoms with van der Waals surface area (Å²) in [5.74, 6) is 11.7. The zero-order chi connectivity index (χ0) is 77.5. The van der Waals surface area contributed by atoms with Crippen molar-refractivity contribution in [2.75, 3.05) is 0 Å². The molecule has 2 aliphatic carbocycles. The van der Waals surface area contributed by atoms with Gasteiger partial charge in [0.15, 0.2) is 5.78 Å². The maximum absolute atomic E-state index is 11.3. The van der Waals surface area contributed by atoms with Crippen LogP contribution in [0.4, 0.5) is 0 Å². The summed E-state index contributed by atoms with van der Waals surface area (Å²) in [7, 11) is 0. The summed E-state index contributed by atoms with van der Waals surface area (Å²) in [6, 6.07) is 20.0. The van der Waals surface area contributed by atoms with Gasteiger partial charge in [0.1, 0.15) is 23.1 Å². The minimum Gasteiger partial charge on any atom is -0.300 e. The number of hydrogen-bond acceptors (Lipinski definition) is 5. The van der Waals surface area contributed by atoms with E-state index >= 15 is 0 Å². The molecule has 0 unspecified atom stereocenters. The number of carbonyl (C=O) groups is 5. The summed E-state index contributed by atoms with van der Waals surface area (Å²) in [4.78, 5) is 55.0. The first kappa shape index (κ1) is 108. The SMILES string of the molecule is CC(=O)C(C)C.CC(C)=CCC(C)C.CC(C)C(=O)C(C)(C)C.CC(C)C(=O)CC(C)(C)C.CC(C)C(=O)CC(C)(C)C.CC(C)C(=O)c1ccccc1.CC(C)C1CC1.CC(C)CC1CC1.CC(C)CCC(C)C.CC(C)Cc1ccccc1.CCC(C)C.CCCC(C)C. The van der Waals surface area contributed by atoms with Crippen LogP contribution in [0.25, 0.3) is 0 Å². The van der Waals surface area contributed by atoms with Crippen LogP contribution in [0.3, 0.4) is 0 Å². The number of carbonyl (C=O) groups excluding carboxylic acids is 5. The molecule has 2 aromatic carbocycles. The number of rotatable bonds is 21. The highest BCUT2D eigenvalue weighted by molar-refractivity contribution is 5.97. The van der Waals surface area contributed by atoms with Crippen LogP contribution in [0, 0.1) is 105 Å². The fourth-order valence-electron chi connectivity index (χ4n) is 7.84. The lowest BCUT2D eigenvalue weighted by Gasteiger charge is -2.18. The van der Waals surface area contributed by atoms with E-state index in [0.717, 1.165) is 64.7 Å². The second kappa shape index (κ2) is 63.7. The van der Waals surface area contributed by atoms with Crippen molar-refractivity contribution in [1.82, 2.24) is 0 Å². The van der Waals surface area contributed by atoms with Crippen molar-refractivity contribution < 1.29 is 24.0 Å². The van der Waals surface area contributed by atoms with Crippen molar-refractivity contribution in [3.63, 3.8) is 0 Å². The Morgan fingerprint density at radius 3 is 0.917 bits per heavy atom. The Balaban J connectivity index is -0.000000148. The van der Waals surface area contributed by atoms with Crippen molar-refractivity contribution in [2.24, 2.45) is 105 Å². The highest BCUT2D eigenvalue weighted by Crippen LogP contribution is 2.36. The molecule has 4 rings (SSSR count). The van der Waals surface area contributed by atoms with Crippen LogP contribution >= 0.6 is 0 Å². The Morgan fingerprint density at radius 1 is 0.427 bits per heavy atom. The van der Waals surface area contributed by atoms with E-state index in [0.29, 0.717) is 30.2 Å². The third kappa shape index (κ3) is 99.2. The monoisotopic (exact) mass is 1350 g/mol. The zero-order valence-corrected chi connectivity index (χ0v) is 72.5. The van der Waals surface area contributed by atoms with Crippen LogP contribution in [0.15, 0.2) is 72.3 Å². The third-order valence-corrected chi connectivity index (χ3v) is 14.9. The van der Waals surface area contributed by atoms with Gasteiger partial charge in [-0.05, 0) is 128 Å². The van der Waals surface area contributed by atoms with Gasteiger partial charge in [0.05, 0.1) is 0 Å². The second-order valence-electron chi connectivity index (χ2n) is 36.1. The van der Waals surface area contributed by atoms with Gasteiger partial charge in [0.25, 0.3) is 0 Å². The Labute approximate surface area is 604 Å². The molecule has 5 nitrogen and oxygen atoms in total. The molecule has 568 valence electrons. The zero-order valence-electron chi connectivity index (χ0n) is 72.5. The quantitative estimate of drug-likeness (QED) is 0.0918. The minimum absolute atomic E-state index is 0.0948. The van der Waals surface area contributed by atoms with E-state index in [1.807, 2.05) is 120 Å². The van der Waals surface area contributed by atoms with E-state index < -0.39 is 0 Å². The van der Waals surface area contributed by atoms with E-state index in [-0.39, 0.29) is 57.4 Å². The predicted octanol–water partition coefficient (Wildman–Crippen LogP) is 29.3. The fourth-order valence-corrected chi connectivity index (χ4v) is 7.84. The van der Waals surface area contributed by atoms with Gasteiger partial charge in [-0.3, -0.25) is 24.0 Å². The van der Waals surface area contributed by atoms with Gasteiger partial charge in [-0.25, -0.2) is 0 Å². The molecule has 0 heterocycles. The number of benzene rings is 2. The molecule has 0 atom stereocenters. The van der Waals surface area contributed by atoms with Gasteiger partial charge >= 0.3 is 0 Å². The first-order valence-electron chi connectivity index (χ1n) is 38.9. The van der Waals surface area contributed by atoms with Crippen molar-refractivity contribution in [1.29, 1.82) is 0 Å². The smallest absolute Gasteiger partial charge is 0.165 e. The molecule has 5 heteroatoms. The van der Waals surface area contributed by atoms with E-state index in [2.05, 4.69) is 216 Å². The molecule has 0 aliphatic heterocycles. The Hall–Kier alpha value is -3.47. The maximum Gasteiger partial charge on any atom is 0.165 e. The largest absolute Gasteiger partial charge is 0.300 e. The lowest BCUT2D eigenvalue weighted by molar-refractivity contribution is -0.129. The van der Waals surface area contributed by atoms with E-state index in [1.165, 1.54) is 88.2 Å². The lowest BCUT2D eigenvalue weighted by atomic mass is 9.85. The molecule has 0 spiro atoms. The van der Waals surface area contributed by atoms with E-state index in [9.17, 15) is 24.0 Å². The molecule has 0 saturated heterocycles. The van der Waals surface area contributed by atoms with Gasteiger partial charge in [-0.2, -0.15) is 0 Å². The summed E-state index contributed by atoms with van der Waals surface area (Å²) in [5, 5.41) is 0. The topological polar surface area (TPSA) is 85.3 Å². The molecule has 2 aromatic rings. The van der Waals surface area contributed by atoms with Crippen LogP contribution in [-0.4, -0.2) is 28.9 Å². The summed E-state index contributed by atoms with van der Waals surface area (Å²) < 4.78 is 0.